The number of pyridine rings is 1. The maximum atomic E-state index is 12.3. The van der Waals surface area contributed by atoms with Crippen LogP contribution in [0.5, 0.6) is 0 Å². The van der Waals surface area contributed by atoms with Crippen LogP contribution >= 0.6 is 0 Å². The zero-order valence-corrected chi connectivity index (χ0v) is 9.54. The molecule has 18 heavy (non-hydrogen) atoms. The number of carbonyl (C=O) groups excluding carboxylic acids is 2. The van der Waals surface area contributed by atoms with E-state index in [1.807, 2.05) is 18.2 Å². The van der Waals surface area contributed by atoms with Gasteiger partial charge in [-0.2, -0.15) is 0 Å². The van der Waals surface area contributed by atoms with Gasteiger partial charge in [0.05, 0.1) is 17.7 Å². The Labute approximate surface area is 104 Å². The molecule has 88 valence electrons. The number of fused-ring (bicyclic) bond motifs is 1. The third kappa shape index (κ3) is 1.59. The molecule has 1 aromatic carbocycles. The van der Waals surface area contributed by atoms with E-state index in [9.17, 15) is 9.59 Å². The molecule has 1 aromatic heterocycles. The quantitative estimate of drug-likeness (QED) is 0.712. The fraction of sp³-hybridized carbons (Fsp3) is 0.0714. The van der Waals surface area contributed by atoms with Crippen LogP contribution in [0.1, 0.15) is 15.9 Å². The molecule has 0 aliphatic carbocycles. The van der Waals surface area contributed by atoms with Crippen molar-refractivity contribution >= 4 is 17.5 Å². The summed E-state index contributed by atoms with van der Waals surface area (Å²) in [6, 6.07) is 10.7. The highest BCUT2D eigenvalue weighted by Gasteiger charge is 2.32. The van der Waals surface area contributed by atoms with E-state index in [1.54, 1.807) is 24.4 Å². The summed E-state index contributed by atoms with van der Waals surface area (Å²) >= 11 is 0. The predicted molar refractivity (Wildman–Crippen MR) is 66.2 cm³/mol. The molecule has 0 saturated carbocycles. The van der Waals surface area contributed by atoms with Crippen LogP contribution in [-0.4, -0.2) is 16.8 Å². The fourth-order valence-electron chi connectivity index (χ4n) is 2.10. The number of benzene rings is 1. The van der Waals surface area contributed by atoms with E-state index in [0.717, 1.165) is 5.56 Å². The van der Waals surface area contributed by atoms with Gasteiger partial charge in [0.2, 0.25) is 5.91 Å². The first-order valence-corrected chi connectivity index (χ1v) is 5.62. The van der Waals surface area contributed by atoms with Gasteiger partial charge < -0.3 is 0 Å². The second-order valence-corrected chi connectivity index (χ2v) is 4.08. The standard InChI is InChI=1S/C14H10N2O2/c17-13-8-10-4-1-2-6-12(10)16(13)14(18)11-5-3-7-15-9-11/h1-7,9H,8H2. The fourth-order valence-corrected chi connectivity index (χ4v) is 2.10. The third-order valence-electron chi connectivity index (χ3n) is 2.94. The SMILES string of the molecule is O=C1Cc2ccccc2N1C(=O)c1cccnc1. The second kappa shape index (κ2) is 4.07. The van der Waals surface area contributed by atoms with E-state index in [2.05, 4.69) is 4.98 Å². The van der Waals surface area contributed by atoms with Crippen LogP contribution in [0.15, 0.2) is 48.8 Å². The zero-order valence-electron chi connectivity index (χ0n) is 9.54. The first-order valence-electron chi connectivity index (χ1n) is 5.62. The number of aromatic nitrogens is 1. The topological polar surface area (TPSA) is 50.3 Å². The number of para-hydroxylation sites is 1. The van der Waals surface area contributed by atoms with E-state index in [1.165, 1.54) is 11.1 Å². The zero-order chi connectivity index (χ0) is 12.5. The molecule has 0 fully saturated rings. The highest BCUT2D eigenvalue weighted by Crippen LogP contribution is 2.29. The maximum Gasteiger partial charge on any atom is 0.266 e. The van der Waals surface area contributed by atoms with E-state index < -0.39 is 0 Å². The minimum Gasteiger partial charge on any atom is -0.274 e. The smallest absolute Gasteiger partial charge is 0.266 e. The molecule has 4 nitrogen and oxygen atoms in total. The number of amides is 2. The Morgan fingerprint density at radius 3 is 2.78 bits per heavy atom. The number of hydrogen-bond donors (Lipinski definition) is 0. The molecule has 0 saturated heterocycles. The lowest BCUT2D eigenvalue weighted by Crippen LogP contribution is -2.33. The summed E-state index contributed by atoms with van der Waals surface area (Å²) in [4.78, 5) is 29.3. The predicted octanol–water partition coefficient (Wildman–Crippen LogP) is 1.81. The molecular formula is C14H10N2O2. The van der Waals surface area contributed by atoms with E-state index in [0.29, 0.717) is 11.3 Å². The van der Waals surface area contributed by atoms with E-state index in [4.69, 9.17) is 0 Å². The lowest BCUT2D eigenvalue weighted by Gasteiger charge is -2.15. The van der Waals surface area contributed by atoms with Crippen molar-refractivity contribution in [3.8, 4) is 0 Å². The summed E-state index contributed by atoms with van der Waals surface area (Å²) in [5, 5.41) is 0. The average Bonchev–Trinajstić information content (AvgIpc) is 2.75. The van der Waals surface area contributed by atoms with Gasteiger partial charge in [0.15, 0.2) is 0 Å². The minimum absolute atomic E-state index is 0.190. The van der Waals surface area contributed by atoms with Gasteiger partial charge in [-0.25, -0.2) is 4.90 Å². The van der Waals surface area contributed by atoms with Crippen molar-refractivity contribution in [1.82, 2.24) is 4.98 Å². The molecule has 1 aliphatic rings. The monoisotopic (exact) mass is 238 g/mol. The summed E-state index contributed by atoms with van der Waals surface area (Å²) in [5.41, 5.74) is 1.98. The van der Waals surface area contributed by atoms with Crippen molar-refractivity contribution in [3.05, 3.63) is 59.9 Å². The van der Waals surface area contributed by atoms with Gasteiger partial charge in [0, 0.05) is 12.4 Å². The summed E-state index contributed by atoms with van der Waals surface area (Å²) < 4.78 is 0. The Morgan fingerprint density at radius 1 is 1.17 bits per heavy atom. The first-order chi connectivity index (χ1) is 8.77. The lowest BCUT2D eigenvalue weighted by atomic mass is 10.2. The van der Waals surface area contributed by atoms with Crippen LogP contribution in [0.2, 0.25) is 0 Å². The number of imide groups is 1. The molecule has 0 bridgehead atoms. The second-order valence-electron chi connectivity index (χ2n) is 4.08. The van der Waals surface area contributed by atoms with Gasteiger partial charge in [-0.1, -0.05) is 18.2 Å². The Hall–Kier alpha value is -2.49. The molecule has 0 atom stereocenters. The van der Waals surface area contributed by atoms with Crippen LogP contribution in [-0.2, 0) is 11.2 Å². The van der Waals surface area contributed by atoms with Crippen molar-refractivity contribution in [1.29, 1.82) is 0 Å². The Bertz CT molecular complexity index is 623. The highest BCUT2D eigenvalue weighted by molar-refractivity contribution is 6.24. The van der Waals surface area contributed by atoms with Crippen LogP contribution in [0.3, 0.4) is 0 Å². The van der Waals surface area contributed by atoms with Crippen LogP contribution in [0.4, 0.5) is 5.69 Å². The van der Waals surface area contributed by atoms with Gasteiger partial charge in [0.1, 0.15) is 0 Å². The average molecular weight is 238 g/mol. The van der Waals surface area contributed by atoms with Crippen LogP contribution < -0.4 is 4.90 Å². The molecular weight excluding hydrogens is 228 g/mol. The number of carbonyl (C=O) groups is 2. The van der Waals surface area contributed by atoms with Crippen LogP contribution in [0, 0.1) is 0 Å². The highest BCUT2D eigenvalue weighted by atomic mass is 16.2. The molecule has 0 spiro atoms. The molecule has 2 amide bonds. The molecule has 3 rings (SSSR count). The normalized spacial score (nSPS) is 13.6. The molecule has 2 aromatic rings. The van der Waals surface area contributed by atoms with Crippen molar-refractivity contribution in [2.75, 3.05) is 4.90 Å². The van der Waals surface area contributed by atoms with Crippen molar-refractivity contribution < 1.29 is 9.59 Å². The minimum atomic E-state index is -0.321. The van der Waals surface area contributed by atoms with Gasteiger partial charge >= 0.3 is 0 Å². The van der Waals surface area contributed by atoms with Crippen molar-refractivity contribution in [3.63, 3.8) is 0 Å². The number of nitrogens with zero attached hydrogens (tertiary/aromatic N) is 2. The van der Waals surface area contributed by atoms with Gasteiger partial charge in [0.25, 0.3) is 5.91 Å². The Morgan fingerprint density at radius 2 is 2.00 bits per heavy atom. The molecule has 2 heterocycles. The number of rotatable bonds is 1. The maximum absolute atomic E-state index is 12.3. The Kier molecular flexibility index (Phi) is 2.41. The van der Waals surface area contributed by atoms with Gasteiger partial charge in [-0.3, -0.25) is 14.6 Å². The largest absolute Gasteiger partial charge is 0.274 e. The summed E-state index contributed by atoms with van der Waals surface area (Å²) in [6.45, 7) is 0. The molecule has 4 heteroatoms. The van der Waals surface area contributed by atoms with Gasteiger partial charge in [-0.05, 0) is 23.8 Å². The molecule has 0 N–H and O–H groups in total. The molecule has 0 unspecified atom stereocenters. The number of anilines is 1. The van der Waals surface area contributed by atoms with E-state index in [-0.39, 0.29) is 18.2 Å². The van der Waals surface area contributed by atoms with E-state index >= 15 is 0 Å². The third-order valence-corrected chi connectivity index (χ3v) is 2.94. The lowest BCUT2D eigenvalue weighted by molar-refractivity contribution is -0.116. The summed E-state index contributed by atoms with van der Waals surface area (Å²) in [6.07, 6.45) is 3.34. The summed E-state index contributed by atoms with van der Waals surface area (Å²) in [5.74, 6) is -0.511. The van der Waals surface area contributed by atoms with Gasteiger partial charge in [-0.15, -0.1) is 0 Å². The number of hydrogen-bond acceptors (Lipinski definition) is 3. The Balaban J connectivity index is 2.03. The van der Waals surface area contributed by atoms with Crippen molar-refractivity contribution in [2.24, 2.45) is 0 Å². The first kappa shape index (κ1) is 10.7. The molecule has 1 aliphatic heterocycles. The van der Waals surface area contributed by atoms with Crippen molar-refractivity contribution in [2.45, 2.75) is 6.42 Å². The molecule has 0 radical (unpaired) electrons. The van der Waals surface area contributed by atoms with Crippen LogP contribution in [0.25, 0.3) is 0 Å². The summed E-state index contributed by atoms with van der Waals surface area (Å²) in [7, 11) is 0.